The van der Waals surface area contributed by atoms with Crippen molar-refractivity contribution in [2.45, 2.75) is 4.90 Å². The normalized spacial score (nSPS) is 14.0. The van der Waals surface area contributed by atoms with Crippen molar-refractivity contribution in [1.82, 2.24) is 4.90 Å². The zero-order valence-electron chi connectivity index (χ0n) is 13.8. The molecule has 0 spiro atoms. The lowest BCUT2D eigenvalue weighted by Gasteiger charge is -2.11. The van der Waals surface area contributed by atoms with Crippen molar-refractivity contribution in [3.63, 3.8) is 0 Å². The van der Waals surface area contributed by atoms with E-state index in [1.807, 2.05) is 18.2 Å². The van der Waals surface area contributed by atoms with Crippen molar-refractivity contribution in [1.29, 1.82) is 0 Å². The van der Waals surface area contributed by atoms with E-state index in [-0.39, 0.29) is 21.7 Å². The average Bonchev–Trinajstić information content (AvgIpc) is 2.85. The van der Waals surface area contributed by atoms with Crippen LogP contribution in [0.2, 0.25) is 0 Å². The average molecular weight is 366 g/mol. The Bertz CT molecular complexity index is 1180. The van der Waals surface area contributed by atoms with Gasteiger partial charge in [0, 0.05) is 18.1 Å². The maximum atomic E-state index is 12.9. The number of carbonyl (C=O) groups excluding carboxylic acids is 2. The third-order valence-electron chi connectivity index (χ3n) is 4.38. The van der Waals surface area contributed by atoms with Gasteiger partial charge in [-0.25, -0.2) is 8.42 Å². The number of imide groups is 1. The topological polar surface area (TPSA) is 83.6 Å². The fourth-order valence-electron chi connectivity index (χ4n) is 3.06. The number of anilines is 1. The number of hydrogen-bond donors (Lipinski definition) is 1. The van der Waals surface area contributed by atoms with Crippen LogP contribution < -0.4 is 4.72 Å². The van der Waals surface area contributed by atoms with Gasteiger partial charge in [-0.2, -0.15) is 0 Å². The number of nitrogens with one attached hydrogen (secondary N) is 1. The standard InChI is InChI=1S/C19H14N2O4S/c1-21-18(22)15-10-9-13(11-16(15)19(21)23)20-26(24,25)17-8-4-6-12-5-2-3-7-14(12)17/h2-11,20H,1H3. The van der Waals surface area contributed by atoms with Crippen molar-refractivity contribution in [3.8, 4) is 0 Å². The molecule has 2 amide bonds. The molecule has 0 radical (unpaired) electrons. The van der Waals surface area contributed by atoms with Crippen LogP contribution in [0, 0.1) is 0 Å². The molecule has 1 aliphatic rings. The molecule has 4 rings (SSSR count). The number of rotatable bonds is 3. The van der Waals surface area contributed by atoms with Crippen molar-refractivity contribution in [3.05, 3.63) is 71.8 Å². The third-order valence-corrected chi connectivity index (χ3v) is 5.82. The molecular formula is C19H14N2O4S. The third kappa shape index (κ3) is 2.44. The highest BCUT2D eigenvalue weighted by Crippen LogP contribution is 2.28. The van der Waals surface area contributed by atoms with Gasteiger partial charge in [0.2, 0.25) is 0 Å². The van der Waals surface area contributed by atoms with Gasteiger partial charge in [-0.3, -0.25) is 19.2 Å². The van der Waals surface area contributed by atoms with E-state index in [1.54, 1.807) is 18.2 Å². The molecule has 0 aromatic heterocycles. The molecule has 3 aromatic rings. The summed E-state index contributed by atoms with van der Waals surface area (Å²) < 4.78 is 28.2. The number of carbonyl (C=O) groups is 2. The van der Waals surface area contributed by atoms with Gasteiger partial charge in [0.15, 0.2) is 0 Å². The largest absolute Gasteiger partial charge is 0.280 e. The van der Waals surface area contributed by atoms with Crippen molar-refractivity contribution in [2.75, 3.05) is 11.8 Å². The first-order chi connectivity index (χ1) is 12.4. The van der Waals surface area contributed by atoms with E-state index in [9.17, 15) is 18.0 Å². The van der Waals surface area contributed by atoms with E-state index in [0.29, 0.717) is 5.39 Å². The highest BCUT2D eigenvalue weighted by Gasteiger charge is 2.33. The van der Waals surface area contributed by atoms with E-state index < -0.39 is 21.8 Å². The van der Waals surface area contributed by atoms with Gasteiger partial charge in [-0.15, -0.1) is 0 Å². The van der Waals surface area contributed by atoms with Crippen LogP contribution in [0.1, 0.15) is 20.7 Å². The monoisotopic (exact) mass is 366 g/mol. The number of nitrogens with zero attached hydrogens (tertiary/aromatic N) is 1. The Kier molecular flexibility index (Phi) is 3.55. The number of fused-ring (bicyclic) bond motifs is 2. The molecule has 0 unspecified atom stereocenters. The molecule has 3 aromatic carbocycles. The molecule has 1 N–H and O–H groups in total. The van der Waals surface area contributed by atoms with Crippen molar-refractivity contribution < 1.29 is 18.0 Å². The summed E-state index contributed by atoms with van der Waals surface area (Å²) in [6.07, 6.45) is 0. The molecule has 0 saturated heterocycles. The first-order valence-electron chi connectivity index (χ1n) is 7.85. The zero-order chi connectivity index (χ0) is 18.5. The summed E-state index contributed by atoms with van der Waals surface area (Å²) >= 11 is 0. The van der Waals surface area contributed by atoms with Crippen LogP contribution in [0.15, 0.2) is 65.6 Å². The second-order valence-corrected chi connectivity index (χ2v) is 7.66. The summed E-state index contributed by atoms with van der Waals surface area (Å²) in [6, 6.07) is 16.6. The molecule has 0 fully saturated rings. The maximum Gasteiger partial charge on any atom is 0.262 e. The summed E-state index contributed by atoms with van der Waals surface area (Å²) in [6.45, 7) is 0. The van der Waals surface area contributed by atoms with Gasteiger partial charge in [-0.05, 0) is 29.7 Å². The van der Waals surface area contributed by atoms with E-state index in [0.717, 1.165) is 10.3 Å². The predicted octanol–water partition coefficient (Wildman–Crippen LogP) is 2.87. The smallest absolute Gasteiger partial charge is 0.262 e. The minimum Gasteiger partial charge on any atom is -0.280 e. The van der Waals surface area contributed by atoms with Crippen LogP contribution in [0.4, 0.5) is 5.69 Å². The minimum atomic E-state index is -3.86. The quantitative estimate of drug-likeness (QED) is 0.723. The minimum absolute atomic E-state index is 0.149. The lowest BCUT2D eigenvalue weighted by atomic mass is 10.1. The van der Waals surface area contributed by atoms with Gasteiger partial charge in [0.05, 0.1) is 16.0 Å². The van der Waals surface area contributed by atoms with Crippen LogP contribution in [0.5, 0.6) is 0 Å². The Balaban J connectivity index is 1.76. The first-order valence-corrected chi connectivity index (χ1v) is 9.34. The summed E-state index contributed by atoms with van der Waals surface area (Å²) in [4.78, 5) is 25.2. The molecule has 0 bridgehead atoms. The fourth-order valence-corrected chi connectivity index (χ4v) is 4.35. The van der Waals surface area contributed by atoms with Crippen LogP contribution in [-0.4, -0.2) is 32.2 Å². The number of amides is 2. The number of benzene rings is 3. The Hall–Kier alpha value is -3.19. The Morgan fingerprint density at radius 3 is 2.35 bits per heavy atom. The Morgan fingerprint density at radius 1 is 0.846 bits per heavy atom. The molecule has 26 heavy (non-hydrogen) atoms. The lowest BCUT2D eigenvalue weighted by Crippen LogP contribution is -2.24. The van der Waals surface area contributed by atoms with Crippen LogP contribution in [-0.2, 0) is 10.0 Å². The second kappa shape index (κ2) is 5.67. The van der Waals surface area contributed by atoms with E-state index in [1.165, 1.54) is 31.3 Å². The van der Waals surface area contributed by atoms with Gasteiger partial charge in [0.25, 0.3) is 21.8 Å². The van der Waals surface area contributed by atoms with Crippen LogP contribution in [0.3, 0.4) is 0 Å². The summed E-state index contributed by atoms with van der Waals surface area (Å²) in [7, 11) is -2.47. The number of sulfonamides is 1. The predicted molar refractivity (Wildman–Crippen MR) is 97.6 cm³/mol. The van der Waals surface area contributed by atoms with E-state index >= 15 is 0 Å². The molecule has 130 valence electrons. The molecule has 1 heterocycles. The molecule has 0 atom stereocenters. The van der Waals surface area contributed by atoms with E-state index in [2.05, 4.69) is 4.72 Å². The van der Waals surface area contributed by atoms with Crippen LogP contribution in [0.25, 0.3) is 10.8 Å². The summed E-state index contributed by atoms with van der Waals surface area (Å²) in [5.74, 6) is -0.843. The molecule has 1 aliphatic heterocycles. The zero-order valence-corrected chi connectivity index (χ0v) is 14.6. The highest BCUT2D eigenvalue weighted by molar-refractivity contribution is 7.93. The molecule has 0 aliphatic carbocycles. The number of hydrogen-bond acceptors (Lipinski definition) is 4. The van der Waals surface area contributed by atoms with Crippen LogP contribution >= 0.6 is 0 Å². The fraction of sp³-hybridized carbons (Fsp3) is 0.0526. The Morgan fingerprint density at radius 2 is 1.54 bits per heavy atom. The molecular weight excluding hydrogens is 352 g/mol. The second-order valence-electron chi connectivity index (χ2n) is 6.01. The van der Waals surface area contributed by atoms with Gasteiger partial charge in [-0.1, -0.05) is 36.4 Å². The molecule has 7 heteroatoms. The summed E-state index contributed by atoms with van der Waals surface area (Å²) in [5.41, 5.74) is 0.689. The molecule has 0 saturated carbocycles. The Labute approximate surface area is 150 Å². The van der Waals surface area contributed by atoms with Crippen molar-refractivity contribution >= 4 is 38.3 Å². The van der Waals surface area contributed by atoms with Gasteiger partial charge >= 0.3 is 0 Å². The summed E-state index contributed by atoms with van der Waals surface area (Å²) in [5, 5.41) is 1.42. The lowest BCUT2D eigenvalue weighted by molar-refractivity contribution is 0.0693. The maximum absolute atomic E-state index is 12.9. The SMILES string of the molecule is CN1C(=O)c2ccc(NS(=O)(=O)c3cccc4ccccc34)cc2C1=O. The van der Waals surface area contributed by atoms with Gasteiger partial charge < -0.3 is 0 Å². The van der Waals surface area contributed by atoms with Crippen molar-refractivity contribution in [2.24, 2.45) is 0 Å². The van der Waals surface area contributed by atoms with Gasteiger partial charge in [0.1, 0.15) is 0 Å². The first kappa shape index (κ1) is 16.3. The highest BCUT2D eigenvalue weighted by atomic mass is 32.2. The molecule has 6 nitrogen and oxygen atoms in total. The van der Waals surface area contributed by atoms with E-state index in [4.69, 9.17) is 0 Å².